The van der Waals surface area contributed by atoms with E-state index in [4.69, 9.17) is 0 Å². The van der Waals surface area contributed by atoms with Gasteiger partial charge in [-0.25, -0.2) is 0 Å². The molecular formula is C18H26N4O2. The molecule has 0 saturated heterocycles. The van der Waals surface area contributed by atoms with Crippen LogP contribution in [0.15, 0.2) is 24.3 Å². The van der Waals surface area contributed by atoms with Gasteiger partial charge in [0.2, 0.25) is 5.91 Å². The van der Waals surface area contributed by atoms with Gasteiger partial charge in [0, 0.05) is 19.2 Å². The van der Waals surface area contributed by atoms with Crippen LogP contribution in [-0.2, 0) is 11.3 Å². The van der Waals surface area contributed by atoms with Gasteiger partial charge in [0.25, 0.3) is 5.91 Å². The second-order valence-corrected chi connectivity index (χ2v) is 6.47. The Morgan fingerprint density at radius 3 is 2.33 bits per heavy atom. The number of rotatable bonds is 7. The minimum atomic E-state index is -0.868. The summed E-state index contributed by atoms with van der Waals surface area (Å²) in [6.07, 6.45) is 0. The van der Waals surface area contributed by atoms with E-state index < -0.39 is 5.54 Å². The van der Waals surface area contributed by atoms with Gasteiger partial charge in [0.15, 0.2) is 0 Å². The molecule has 1 unspecified atom stereocenters. The second kappa shape index (κ2) is 8.46. The molecule has 6 heteroatoms. The van der Waals surface area contributed by atoms with E-state index in [1.165, 1.54) is 0 Å². The smallest absolute Gasteiger partial charge is 0.251 e. The third-order valence-corrected chi connectivity index (χ3v) is 4.10. The Kier molecular flexibility index (Phi) is 6.93. The van der Waals surface area contributed by atoms with E-state index in [1.54, 1.807) is 26.1 Å². The predicted molar refractivity (Wildman–Crippen MR) is 93.2 cm³/mol. The Morgan fingerprint density at radius 1 is 1.29 bits per heavy atom. The number of benzene rings is 1. The number of nitrogens with zero attached hydrogens (tertiary/aromatic N) is 2. The molecule has 2 amide bonds. The Balaban J connectivity index is 2.60. The average Bonchev–Trinajstić information content (AvgIpc) is 2.54. The first kappa shape index (κ1) is 19.7. The quantitative estimate of drug-likeness (QED) is 0.794. The topological polar surface area (TPSA) is 85.2 Å². The summed E-state index contributed by atoms with van der Waals surface area (Å²) >= 11 is 0. The molecule has 24 heavy (non-hydrogen) atoms. The lowest BCUT2D eigenvalue weighted by Gasteiger charge is -2.28. The lowest BCUT2D eigenvalue weighted by Crippen LogP contribution is -2.51. The second-order valence-electron chi connectivity index (χ2n) is 6.47. The highest BCUT2D eigenvalue weighted by molar-refractivity contribution is 5.93. The molecule has 0 aliphatic heterocycles. The van der Waals surface area contributed by atoms with Crippen molar-refractivity contribution in [2.45, 2.75) is 32.9 Å². The molecule has 0 heterocycles. The molecule has 0 aliphatic carbocycles. The summed E-state index contributed by atoms with van der Waals surface area (Å²) in [6, 6.07) is 9.42. The summed E-state index contributed by atoms with van der Waals surface area (Å²) in [5.41, 5.74) is 0.737. The number of amides is 2. The molecule has 1 rings (SSSR count). The Labute approximate surface area is 143 Å². The van der Waals surface area contributed by atoms with Crippen LogP contribution in [0.2, 0.25) is 0 Å². The first-order valence-electron chi connectivity index (χ1n) is 7.93. The molecule has 0 aromatic heterocycles. The Hall–Kier alpha value is -2.39. The van der Waals surface area contributed by atoms with Gasteiger partial charge in [-0.2, -0.15) is 5.26 Å². The van der Waals surface area contributed by atoms with Crippen LogP contribution >= 0.6 is 0 Å². The minimum absolute atomic E-state index is 0.0222. The summed E-state index contributed by atoms with van der Waals surface area (Å²) in [4.78, 5) is 25.5. The fourth-order valence-electron chi connectivity index (χ4n) is 2.15. The van der Waals surface area contributed by atoms with Gasteiger partial charge in [-0.05, 0) is 37.6 Å². The van der Waals surface area contributed by atoms with Crippen LogP contribution in [0.25, 0.3) is 0 Å². The molecule has 1 atom stereocenters. The highest BCUT2D eigenvalue weighted by Gasteiger charge is 2.30. The number of carbonyl (C=O) groups is 2. The van der Waals surface area contributed by atoms with Crippen LogP contribution < -0.4 is 10.6 Å². The van der Waals surface area contributed by atoms with Crippen molar-refractivity contribution in [1.82, 2.24) is 15.5 Å². The normalized spacial score (nSPS) is 13.2. The molecule has 0 aliphatic rings. The third-order valence-electron chi connectivity index (χ3n) is 4.10. The van der Waals surface area contributed by atoms with Gasteiger partial charge in [0.1, 0.15) is 5.54 Å². The average molecular weight is 330 g/mol. The highest BCUT2D eigenvalue weighted by atomic mass is 16.2. The number of likely N-dealkylation sites (N-methyl/N-ethyl adjacent to an activating group) is 1. The monoisotopic (exact) mass is 330 g/mol. The first-order chi connectivity index (χ1) is 11.2. The summed E-state index contributed by atoms with van der Waals surface area (Å²) < 4.78 is 0. The summed E-state index contributed by atoms with van der Waals surface area (Å²) in [5.74, 6) is -0.287. The van der Waals surface area contributed by atoms with Crippen LogP contribution in [0.1, 0.15) is 36.7 Å². The van der Waals surface area contributed by atoms with E-state index in [0.29, 0.717) is 12.1 Å². The van der Waals surface area contributed by atoms with Crippen molar-refractivity contribution in [3.8, 4) is 6.07 Å². The fraction of sp³-hybridized carbons (Fsp3) is 0.500. The van der Waals surface area contributed by atoms with Crippen molar-refractivity contribution in [1.29, 1.82) is 5.26 Å². The zero-order valence-corrected chi connectivity index (χ0v) is 15.0. The first-order valence-corrected chi connectivity index (χ1v) is 7.93. The van der Waals surface area contributed by atoms with E-state index >= 15 is 0 Å². The summed E-state index contributed by atoms with van der Waals surface area (Å²) in [5, 5.41) is 14.6. The van der Waals surface area contributed by atoms with Crippen molar-refractivity contribution in [3.63, 3.8) is 0 Å². The molecular weight excluding hydrogens is 304 g/mol. The lowest BCUT2D eigenvalue weighted by atomic mass is 9.90. The standard InChI is InChI=1S/C18H26N4O2/c1-13(2)18(3,12-19)21-16(23)11-22(5)10-14-6-8-15(9-7-14)17(24)20-4/h6-9,13H,10-11H2,1-5H3,(H,20,24)(H,21,23). The van der Waals surface area contributed by atoms with Crippen molar-refractivity contribution in [3.05, 3.63) is 35.4 Å². The van der Waals surface area contributed by atoms with Gasteiger partial charge in [-0.15, -0.1) is 0 Å². The maximum atomic E-state index is 12.1. The predicted octanol–water partition coefficient (Wildman–Crippen LogP) is 1.53. The van der Waals surface area contributed by atoms with Gasteiger partial charge >= 0.3 is 0 Å². The van der Waals surface area contributed by atoms with Crippen LogP contribution in [0, 0.1) is 17.2 Å². The van der Waals surface area contributed by atoms with Crippen molar-refractivity contribution in [2.75, 3.05) is 20.6 Å². The number of hydrogen-bond donors (Lipinski definition) is 2. The molecule has 0 spiro atoms. The Morgan fingerprint density at radius 2 is 1.88 bits per heavy atom. The number of carbonyl (C=O) groups excluding carboxylic acids is 2. The number of hydrogen-bond acceptors (Lipinski definition) is 4. The van der Waals surface area contributed by atoms with Gasteiger partial charge in [-0.1, -0.05) is 26.0 Å². The van der Waals surface area contributed by atoms with Crippen LogP contribution in [0.3, 0.4) is 0 Å². The summed E-state index contributed by atoms with van der Waals surface area (Å²) in [6.45, 7) is 6.31. The molecule has 0 radical (unpaired) electrons. The fourth-order valence-corrected chi connectivity index (χ4v) is 2.15. The molecule has 1 aromatic carbocycles. The van der Waals surface area contributed by atoms with Gasteiger partial charge in [0.05, 0.1) is 12.6 Å². The Bertz CT molecular complexity index is 619. The molecule has 0 fully saturated rings. The van der Waals surface area contributed by atoms with Crippen molar-refractivity contribution < 1.29 is 9.59 Å². The van der Waals surface area contributed by atoms with Gasteiger partial charge < -0.3 is 10.6 Å². The van der Waals surface area contributed by atoms with E-state index in [0.717, 1.165) is 5.56 Å². The molecule has 2 N–H and O–H groups in total. The molecule has 0 bridgehead atoms. The molecule has 6 nitrogen and oxygen atoms in total. The third kappa shape index (κ3) is 5.36. The number of nitrogens with one attached hydrogen (secondary N) is 2. The highest BCUT2D eigenvalue weighted by Crippen LogP contribution is 2.15. The molecule has 130 valence electrons. The largest absolute Gasteiger partial charge is 0.355 e. The lowest BCUT2D eigenvalue weighted by molar-refractivity contribution is -0.123. The maximum Gasteiger partial charge on any atom is 0.251 e. The summed E-state index contributed by atoms with van der Waals surface area (Å²) in [7, 11) is 3.43. The van der Waals surface area contributed by atoms with Gasteiger partial charge in [-0.3, -0.25) is 14.5 Å². The van der Waals surface area contributed by atoms with E-state index in [1.807, 2.05) is 37.9 Å². The minimum Gasteiger partial charge on any atom is -0.355 e. The molecule has 1 aromatic rings. The van der Waals surface area contributed by atoms with Crippen LogP contribution in [-0.4, -0.2) is 42.9 Å². The van der Waals surface area contributed by atoms with Crippen molar-refractivity contribution >= 4 is 11.8 Å². The van der Waals surface area contributed by atoms with Crippen LogP contribution in [0.5, 0.6) is 0 Å². The van der Waals surface area contributed by atoms with E-state index in [2.05, 4.69) is 16.7 Å². The SMILES string of the molecule is CNC(=O)c1ccc(CN(C)CC(=O)NC(C)(C#N)C(C)C)cc1. The maximum absolute atomic E-state index is 12.1. The van der Waals surface area contributed by atoms with Crippen molar-refractivity contribution in [2.24, 2.45) is 5.92 Å². The zero-order valence-electron chi connectivity index (χ0n) is 15.0. The van der Waals surface area contributed by atoms with E-state index in [-0.39, 0.29) is 24.3 Å². The van der Waals surface area contributed by atoms with Crippen LogP contribution in [0.4, 0.5) is 0 Å². The zero-order chi connectivity index (χ0) is 18.3. The van der Waals surface area contributed by atoms with E-state index in [9.17, 15) is 14.9 Å². The number of nitriles is 1. The molecule has 0 saturated carbocycles.